The van der Waals surface area contributed by atoms with Crippen LogP contribution < -0.4 is 11.1 Å². The molecule has 0 aliphatic carbocycles. The molecule has 0 saturated carbocycles. The molecule has 21 heavy (non-hydrogen) atoms. The molecule has 6 nitrogen and oxygen atoms in total. The summed E-state index contributed by atoms with van der Waals surface area (Å²) >= 11 is 0. The molecule has 3 N–H and O–H groups in total. The van der Waals surface area contributed by atoms with Gasteiger partial charge in [0.2, 0.25) is 0 Å². The molecule has 1 aromatic carbocycles. The Morgan fingerprint density at radius 1 is 1.33 bits per heavy atom. The molecule has 112 valence electrons. The first-order valence-corrected chi connectivity index (χ1v) is 6.78. The molecule has 1 aromatic rings. The van der Waals surface area contributed by atoms with Gasteiger partial charge in [-0.15, -0.1) is 0 Å². The van der Waals surface area contributed by atoms with Crippen LogP contribution in [0.5, 0.6) is 0 Å². The van der Waals surface area contributed by atoms with E-state index in [9.17, 15) is 14.0 Å². The van der Waals surface area contributed by atoms with Crippen molar-refractivity contribution in [1.82, 2.24) is 10.2 Å². The van der Waals surface area contributed by atoms with E-state index in [-0.39, 0.29) is 18.1 Å². The molecule has 2 aliphatic heterocycles. The molecule has 0 bridgehead atoms. The maximum atomic E-state index is 13.5. The van der Waals surface area contributed by atoms with Crippen LogP contribution in [0.15, 0.2) is 18.2 Å². The largest absolute Gasteiger partial charge is 0.396 e. The van der Waals surface area contributed by atoms with Gasteiger partial charge in [0.25, 0.3) is 5.91 Å². The first-order chi connectivity index (χ1) is 10.0. The lowest BCUT2D eigenvalue weighted by molar-refractivity contribution is -0.134. The van der Waals surface area contributed by atoms with Gasteiger partial charge < -0.3 is 15.8 Å². The van der Waals surface area contributed by atoms with Gasteiger partial charge in [-0.3, -0.25) is 9.69 Å². The molecule has 0 aromatic heterocycles. The van der Waals surface area contributed by atoms with Gasteiger partial charge in [0.15, 0.2) is 0 Å². The fraction of sp³-hybridized carbons (Fsp3) is 0.429. The van der Waals surface area contributed by atoms with Crippen LogP contribution in [0.4, 0.5) is 14.9 Å². The number of halogens is 1. The van der Waals surface area contributed by atoms with Crippen molar-refractivity contribution >= 4 is 17.6 Å². The van der Waals surface area contributed by atoms with E-state index in [1.54, 1.807) is 6.07 Å². The lowest BCUT2D eigenvalue weighted by Crippen LogP contribution is -2.51. The molecule has 0 radical (unpaired) electrons. The van der Waals surface area contributed by atoms with Gasteiger partial charge in [0.1, 0.15) is 11.4 Å². The van der Waals surface area contributed by atoms with Crippen LogP contribution in [0.3, 0.4) is 0 Å². The van der Waals surface area contributed by atoms with Crippen molar-refractivity contribution in [1.29, 1.82) is 0 Å². The molecule has 2 heterocycles. The molecular formula is C14H16FN3O3. The minimum Gasteiger partial charge on any atom is -0.396 e. The van der Waals surface area contributed by atoms with Gasteiger partial charge in [0, 0.05) is 26.1 Å². The van der Waals surface area contributed by atoms with E-state index in [1.165, 1.54) is 12.1 Å². The van der Waals surface area contributed by atoms with Crippen LogP contribution in [-0.2, 0) is 16.1 Å². The van der Waals surface area contributed by atoms with Crippen molar-refractivity contribution in [3.8, 4) is 0 Å². The summed E-state index contributed by atoms with van der Waals surface area (Å²) in [5.41, 5.74) is 5.12. The van der Waals surface area contributed by atoms with Crippen molar-refractivity contribution < 1.29 is 18.7 Å². The minimum atomic E-state index is -0.859. The average molecular weight is 293 g/mol. The van der Waals surface area contributed by atoms with Crippen LogP contribution in [0.1, 0.15) is 18.4 Å². The lowest BCUT2D eigenvalue weighted by Gasteiger charge is -2.30. The third-order valence-electron chi connectivity index (χ3n) is 4.00. The van der Waals surface area contributed by atoms with Crippen LogP contribution in [0, 0.1) is 5.82 Å². The van der Waals surface area contributed by atoms with E-state index in [0.717, 1.165) is 4.90 Å². The summed E-state index contributed by atoms with van der Waals surface area (Å²) in [7, 11) is 0. The molecule has 0 unspecified atom stereocenters. The summed E-state index contributed by atoms with van der Waals surface area (Å²) in [6.07, 6.45) is 0.925. The minimum absolute atomic E-state index is 0.0322. The van der Waals surface area contributed by atoms with E-state index in [1.807, 2.05) is 0 Å². The van der Waals surface area contributed by atoms with Crippen LogP contribution in [-0.4, -0.2) is 35.6 Å². The molecule has 2 aliphatic rings. The van der Waals surface area contributed by atoms with Crippen molar-refractivity contribution in [2.24, 2.45) is 0 Å². The highest BCUT2D eigenvalue weighted by molar-refractivity contribution is 6.07. The smallest absolute Gasteiger partial charge is 0.325 e. The second kappa shape index (κ2) is 5.00. The van der Waals surface area contributed by atoms with Gasteiger partial charge in [0.05, 0.1) is 12.2 Å². The van der Waals surface area contributed by atoms with Gasteiger partial charge in [-0.2, -0.15) is 0 Å². The molecule has 3 amide bonds. The Morgan fingerprint density at radius 3 is 2.71 bits per heavy atom. The topological polar surface area (TPSA) is 84.7 Å². The van der Waals surface area contributed by atoms with Crippen molar-refractivity contribution in [2.75, 3.05) is 18.9 Å². The number of nitrogens with zero attached hydrogens (tertiary/aromatic N) is 1. The van der Waals surface area contributed by atoms with E-state index >= 15 is 0 Å². The van der Waals surface area contributed by atoms with Crippen LogP contribution in [0.25, 0.3) is 0 Å². The molecule has 2 saturated heterocycles. The fourth-order valence-electron chi connectivity index (χ4n) is 2.73. The van der Waals surface area contributed by atoms with Gasteiger partial charge in [-0.25, -0.2) is 9.18 Å². The van der Waals surface area contributed by atoms with E-state index < -0.39 is 17.4 Å². The number of anilines is 1. The molecule has 7 heteroatoms. The highest BCUT2D eigenvalue weighted by Gasteiger charge is 2.51. The summed E-state index contributed by atoms with van der Waals surface area (Å²) < 4.78 is 18.7. The summed E-state index contributed by atoms with van der Waals surface area (Å²) in [5, 5.41) is 2.75. The first kappa shape index (κ1) is 13.8. The van der Waals surface area contributed by atoms with E-state index in [0.29, 0.717) is 31.6 Å². The summed E-state index contributed by atoms with van der Waals surface area (Å²) in [4.78, 5) is 25.7. The maximum Gasteiger partial charge on any atom is 0.325 e. The Bertz CT molecular complexity index is 599. The van der Waals surface area contributed by atoms with Gasteiger partial charge >= 0.3 is 6.03 Å². The Labute approximate surface area is 121 Å². The second-order valence-corrected chi connectivity index (χ2v) is 5.37. The van der Waals surface area contributed by atoms with Crippen molar-refractivity contribution in [3.63, 3.8) is 0 Å². The number of hydrogen-bond donors (Lipinski definition) is 2. The highest BCUT2D eigenvalue weighted by atomic mass is 19.1. The monoisotopic (exact) mass is 293 g/mol. The number of ether oxygens (including phenoxy) is 1. The van der Waals surface area contributed by atoms with Gasteiger partial charge in [-0.05, 0) is 17.7 Å². The maximum absolute atomic E-state index is 13.5. The number of nitrogen functional groups attached to an aromatic ring is 1. The number of urea groups is 1. The predicted octanol–water partition coefficient (Wildman–Crippen LogP) is 1.01. The average Bonchev–Trinajstić information content (AvgIpc) is 2.68. The summed E-state index contributed by atoms with van der Waals surface area (Å²) in [5.74, 6) is -0.826. The molecule has 3 rings (SSSR count). The quantitative estimate of drug-likeness (QED) is 0.629. The third-order valence-corrected chi connectivity index (χ3v) is 4.00. The van der Waals surface area contributed by atoms with Crippen LogP contribution >= 0.6 is 0 Å². The number of nitrogens with one attached hydrogen (secondary N) is 1. The van der Waals surface area contributed by atoms with Crippen molar-refractivity contribution in [2.45, 2.75) is 24.9 Å². The zero-order valence-electron chi connectivity index (χ0n) is 11.4. The number of rotatable bonds is 2. The Hall–Kier alpha value is -2.15. The fourth-order valence-corrected chi connectivity index (χ4v) is 2.73. The van der Waals surface area contributed by atoms with Gasteiger partial charge in [-0.1, -0.05) is 6.07 Å². The molecule has 1 spiro atoms. The van der Waals surface area contributed by atoms with Crippen molar-refractivity contribution in [3.05, 3.63) is 29.6 Å². The first-order valence-electron chi connectivity index (χ1n) is 6.78. The molecule has 2 fully saturated rings. The molecule has 0 atom stereocenters. The number of imide groups is 1. The standard InChI is InChI=1S/C14H16FN3O3/c15-10-7-9(1-2-11(10)16)8-18-12(19)14(17-13(18)20)3-5-21-6-4-14/h1-2,7H,3-6,8,16H2,(H,17,20). The number of benzene rings is 1. The number of nitrogens with two attached hydrogens (primary N) is 1. The van der Waals surface area contributed by atoms with E-state index in [2.05, 4.69) is 5.32 Å². The van der Waals surface area contributed by atoms with Crippen LogP contribution in [0.2, 0.25) is 0 Å². The Balaban J connectivity index is 1.80. The predicted molar refractivity (Wildman–Crippen MR) is 72.7 cm³/mol. The SMILES string of the molecule is Nc1ccc(CN2C(=O)NC3(CCOCC3)C2=O)cc1F. The zero-order valence-corrected chi connectivity index (χ0v) is 11.4. The number of hydrogen-bond acceptors (Lipinski definition) is 4. The number of carbonyl (C=O) groups excluding carboxylic acids is 2. The Kier molecular flexibility index (Phi) is 3.29. The number of amides is 3. The third kappa shape index (κ3) is 2.33. The second-order valence-electron chi connectivity index (χ2n) is 5.37. The highest BCUT2D eigenvalue weighted by Crippen LogP contribution is 2.29. The zero-order chi connectivity index (χ0) is 15.0. The van der Waals surface area contributed by atoms with E-state index in [4.69, 9.17) is 10.5 Å². The molecular weight excluding hydrogens is 277 g/mol. The number of carbonyl (C=O) groups is 2. The Morgan fingerprint density at radius 2 is 2.05 bits per heavy atom. The normalized spacial score (nSPS) is 20.9. The summed E-state index contributed by atoms with van der Waals surface area (Å²) in [6, 6.07) is 3.82. The summed E-state index contributed by atoms with van der Waals surface area (Å²) in [6.45, 7) is 0.914. The lowest BCUT2D eigenvalue weighted by atomic mass is 9.90.